The van der Waals surface area contributed by atoms with Crippen LogP contribution in [0.25, 0.3) is 0 Å². The summed E-state index contributed by atoms with van der Waals surface area (Å²) >= 11 is 0. The lowest BCUT2D eigenvalue weighted by Crippen LogP contribution is -2.40. The molecule has 0 aliphatic heterocycles. The van der Waals surface area contributed by atoms with E-state index in [-0.39, 0.29) is 17.9 Å². The van der Waals surface area contributed by atoms with Crippen LogP contribution in [0.2, 0.25) is 0 Å². The predicted octanol–water partition coefficient (Wildman–Crippen LogP) is 0.484. The number of H-pyrrole nitrogens is 1. The number of rotatable bonds is 4. The van der Waals surface area contributed by atoms with Gasteiger partial charge in [0.2, 0.25) is 0 Å². The molecule has 0 saturated heterocycles. The second-order valence-corrected chi connectivity index (χ2v) is 4.68. The molecule has 1 heterocycles. The summed E-state index contributed by atoms with van der Waals surface area (Å²) in [6.07, 6.45) is 7.09. The van der Waals surface area contributed by atoms with E-state index >= 15 is 0 Å². The van der Waals surface area contributed by atoms with Crippen LogP contribution < -0.4 is 16.2 Å². The summed E-state index contributed by atoms with van der Waals surface area (Å²) in [6, 6.07) is 0.322. The van der Waals surface area contributed by atoms with E-state index in [9.17, 15) is 9.90 Å². The average Bonchev–Trinajstić information content (AvgIpc) is 2.41. The van der Waals surface area contributed by atoms with Crippen molar-refractivity contribution in [3.8, 4) is 0 Å². The van der Waals surface area contributed by atoms with Gasteiger partial charge in [0, 0.05) is 12.6 Å². The van der Waals surface area contributed by atoms with Crippen molar-refractivity contribution in [1.29, 1.82) is 0 Å². The third-order valence-electron chi connectivity index (χ3n) is 3.50. The second kappa shape index (κ2) is 5.86. The first-order valence-electron chi connectivity index (χ1n) is 6.44. The van der Waals surface area contributed by atoms with Crippen LogP contribution >= 0.6 is 0 Å². The molecular weight excluding hydrogens is 232 g/mol. The van der Waals surface area contributed by atoms with Crippen LogP contribution in [0.1, 0.15) is 32.1 Å². The summed E-state index contributed by atoms with van der Waals surface area (Å²) in [5, 5.41) is 9.19. The lowest BCUT2D eigenvalue weighted by atomic mass is 9.94. The zero-order valence-electron chi connectivity index (χ0n) is 10.4. The molecule has 2 rings (SSSR count). The molecule has 6 nitrogen and oxygen atoms in total. The highest BCUT2D eigenvalue weighted by atomic mass is 16.3. The molecule has 1 saturated carbocycles. The quantitative estimate of drug-likeness (QED) is 0.724. The second-order valence-electron chi connectivity index (χ2n) is 4.68. The van der Waals surface area contributed by atoms with Crippen molar-refractivity contribution in [3.63, 3.8) is 0 Å². The number of anilines is 2. The maximum Gasteiger partial charge on any atom is 0.276 e. The Morgan fingerprint density at radius 3 is 2.83 bits per heavy atom. The largest absolute Gasteiger partial charge is 0.395 e. The van der Waals surface area contributed by atoms with Gasteiger partial charge in [-0.3, -0.25) is 4.79 Å². The van der Waals surface area contributed by atoms with E-state index in [1.807, 2.05) is 4.90 Å². The minimum atomic E-state index is -0.321. The van der Waals surface area contributed by atoms with E-state index in [4.69, 9.17) is 5.73 Å². The molecule has 1 aromatic heterocycles. The van der Waals surface area contributed by atoms with Crippen molar-refractivity contribution >= 4 is 11.5 Å². The van der Waals surface area contributed by atoms with Crippen LogP contribution in [-0.4, -0.2) is 34.3 Å². The molecule has 0 amide bonds. The number of aliphatic hydroxyl groups is 1. The van der Waals surface area contributed by atoms with E-state index in [1.165, 1.54) is 25.6 Å². The number of hydrogen-bond acceptors (Lipinski definition) is 5. The van der Waals surface area contributed by atoms with Crippen LogP contribution in [0.3, 0.4) is 0 Å². The van der Waals surface area contributed by atoms with Crippen LogP contribution in [0.5, 0.6) is 0 Å². The van der Waals surface area contributed by atoms with Crippen LogP contribution in [0.15, 0.2) is 11.1 Å². The number of nitrogen functional groups attached to an aromatic ring is 1. The Labute approximate surface area is 106 Å². The Morgan fingerprint density at radius 1 is 1.44 bits per heavy atom. The minimum absolute atomic E-state index is 0.0322. The van der Waals surface area contributed by atoms with E-state index < -0.39 is 0 Å². The molecule has 18 heavy (non-hydrogen) atoms. The van der Waals surface area contributed by atoms with Gasteiger partial charge in [-0.25, -0.2) is 4.98 Å². The summed E-state index contributed by atoms with van der Waals surface area (Å²) in [4.78, 5) is 20.1. The van der Waals surface area contributed by atoms with Gasteiger partial charge in [-0.05, 0) is 12.8 Å². The average molecular weight is 252 g/mol. The SMILES string of the molecule is Nc1c(N(CCO)C2CCCCC2)nc[nH]c1=O. The van der Waals surface area contributed by atoms with Crippen molar-refractivity contribution in [2.75, 3.05) is 23.8 Å². The number of nitrogens with one attached hydrogen (secondary N) is 1. The molecule has 0 spiro atoms. The van der Waals surface area contributed by atoms with Gasteiger partial charge in [0.15, 0.2) is 5.82 Å². The van der Waals surface area contributed by atoms with Gasteiger partial charge < -0.3 is 20.7 Å². The van der Waals surface area contributed by atoms with E-state index in [2.05, 4.69) is 9.97 Å². The smallest absolute Gasteiger partial charge is 0.276 e. The zero-order valence-corrected chi connectivity index (χ0v) is 10.4. The van der Waals surface area contributed by atoms with Crippen molar-refractivity contribution in [2.24, 2.45) is 0 Å². The van der Waals surface area contributed by atoms with Gasteiger partial charge >= 0.3 is 0 Å². The summed E-state index contributed by atoms with van der Waals surface area (Å²) < 4.78 is 0. The summed E-state index contributed by atoms with van der Waals surface area (Å²) in [6.45, 7) is 0.496. The lowest BCUT2D eigenvalue weighted by molar-refractivity contribution is 0.289. The molecule has 4 N–H and O–H groups in total. The lowest BCUT2D eigenvalue weighted by Gasteiger charge is -2.35. The molecule has 0 bridgehead atoms. The highest BCUT2D eigenvalue weighted by Gasteiger charge is 2.24. The third-order valence-corrected chi connectivity index (χ3v) is 3.50. The number of nitrogens with two attached hydrogens (primary N) is 1. The van der Waals surface area contributed by atoms with Gasteiger partial charge in [-0.15, -0.1) is 0 Å². The predicted molar refractivity (Wildman–Crippen MR) is 70.6 cm³/mol. The summed E-state index contributed by atoms with van der Waals surface area (Å²) in [5.41, 5.74) is 5.61. The Kier molecular flexibility index (Phi) is 4.19. The molecule has 6 heteroatoms. The summed E-state index contributed by atoms with van der Waals surface area (Å²) in [5.74, 6) is 0.500. The van der Waals surface area contributed by atoms with Crippen LogP contribution in [0.4, 0.5) is 11.5 Å². The van der Waals surface area contributed by atoms with Gasteiger partial charge in [0.25, 0.3) is 5.56 Å². The molecule has 0 aromatic carbocycles. The van der Waals surface area contributed by atoms with Crippen LogP contribution in [-0.2, 0) is 0 Å². The Hall–Kier alpha value is -1.56. The molecule has 1 aliphatic carbocycles. The molecule has 1 fully saturated rings. The monoisotopic (exact) mass is 252 g/mol. The first-order chi connectivity index (χ1) is 8.74. The first-order valence-corrected chi connectivity index (χ1v) is 6.44. The number of aromatic nitrogens is 2. The fraction of sp³-hybridized carbons (Fsp3) is 0.667. The topological polar surface area (TPSA) is 95.2 Å². The van der Waals surface area contributed by atoms with Crippen molar-refractivity contribution in [3.05, 3.63) is 16.7 Å². The molecular formula is C12H20N4O2. The van der Waals surface area contributed by atoms with Crippen molar-refractivity contribution in [1.82, 2.24) is 9.97 Å². The minimum Gasteiger partial charge on any atom is -0.395 e. The first kappa shape index (κ1) is 12.9. The standard InChI is InChI=1S/C12H20N4O2/c13-10-11(14-8-15-12(10)18)16(6-7-17)9-4-2-1-3-5-9/h8-9,17H,1-7,13H2,(H,14,15,18). The highest BCUT2D eigenvalue weighted by molar-refractivity contribution is 5.61. The van der Waals surface area contributed by atoms with Gasteiger partial charge in [-0.2, -0.15) is 0 Å². The van der Waals surface area contributed by atoms with Crippen LogP contribution in [0, 0.1) is 0 Å². The number of nitrogens with zero attached hydrogens (tertiary/aromatic N) is 2. The summed E-state index contributed by atoms with van der Waals surface area (Å²) in [7, 11) is 0. The molecule has 0 radical (unpaired) electrons. The maximum atomic E-state index is 11.5. The number of hydrogen-bond donors (Lipinski definition) is 3. The Morgan fingerprint density at radius 2 is 2.17 bits per heavy atom. The molecule has 100 valence electrons. The normalized spacial score (nSPS) is 16.7. The number of aliphatic hydroxyl groups excluding tert-OH is 1. The Bertz CT molecular complexity index is 440. The van der Waals surface area contributed by atoms with Gasteiger partial charge in [0.1, 0.15) is 5.69 Å². The molecule has 0 atom stereocenters. The molecule has 1 aliphatic rings. The molecule has 0 unspecified atom stereocenters. The third kappa shape index (κ3) is 2.64. The number of aromatic amines is 1. The van der Waals surface area contributed by atoms with Gasteiger partial charge in [0.05, 0.1) is 12.9 Å². The van der Waals surface area contributed by atoms with E-state index in [1.54, 1.807) is 0 Å². The van der Waals surface area contributed by atoms with Gasteiger partial charge in [-0.1, -0.05) is 19.3 Å². The van der Waals surface area contributed by atoms with E-state index in [0.717, 1.165) is 12.8 Å². The zero-order chi connectivity index (χ0) is 13.0. The highest BCUT2D eigenvalue weighted by Crippen LogP contribution is 2.27. The molecule has 1 aromatic rings. The fourth-order valence-corrected chi connectivity index (χ4v) is 2.59. The van der Waals surface area contributed by atoms with E-state index in [0.29, 0.717) is 18.4 Å². The maximum absolute atomic E-state index is 11.5. The van der Waals surface area contributed by atoms with Crippen molar-refractivity contribution < 1.29 is 5.11 Å². The fourth-order valence-electron chi connectivity index (χ4n) is 2.59. The van der Waals surface area contributed by atoms with Crippen molar-refractivity contribution in [2.45, 2.75) is 38.1 Å². The Balaban J connectivity index is 2.28.